The molecular weight excluding hydrogens is 3580 g/mol. The molecule has 0 bridgehead atoms. The van der Waals surface area contributed by atoms with Crippen LogP contribution in [0.3, 0.4) is 0 Å². The Labute approximate surface area is 1490 Å². The van der Waals surface area contributed by atoms with E-state index >= 15 is 0 Å². The van der Waals surface area contributed by atoms with Crippen LogP contribution in [0, 0.1) is 108 Å². The van der Waals surface area contributed by atoms with Gasteiger partial charge in [-0.05, 0) is 127 Å². The zero-order valence-electron chi connectivity index (χ0n) is 76.1. The van der Waals surface area contributed by atoms with Gasteiger partial charge in [-0.3, -0.25) is 0 Å². The minimum atomic E-state index is 0. The first-order valence-electron chi connectivity index (χ1n) is 45.3. The van der Waals surface area contributed by atoms with Crippen molar-refractivity contribution in [3.63, 3.8) is 0 Å². The van der Waals surface area contributed by atoms with Crippen LogP contribution in [0.1, 0.15) is 290 Å². The van der Waals surface area contributed by atoms with Crippen LogP contribution < -0.4 is 175 Å². The van der Waals surface area contributed by atoms with Gasteiger partial charge in [0.25, 0.3) is 0 Å². The maximum atomic E-state index is 2.53. The molecular formula is C63H111Rb33. The van der Waals surface area contributed by atoms with Crippen LogP contribution in [0.2, 0.25) is 0 Å². The van der Waals surface area contributed by atoms with Crippen molar-refractivity contribution in [3.05, 3.63) is 19.3 Å². The van der Waals surface area contributed by atoms with Crippen molar-refractivity contribution in [2.24, 2.45) is 88.8 Å². The topological polar surface area (TPSA) is 0 Å². The third-order valence-corrected chi connectivity index (χ3v) is 21.0. The van der Waals surface area contributed by atoms with Crippen molar-refractivity contribution in [2.75, 3.05) is 0 Å². The SMILES string of the molecule is CC1CCC(CC2CCC(CC3CCC(CC4CC[CH-]CC4)CC3)CC2)CC1.CC1CCC(CC2CCC(CC3CC[CH-]CC3)CC2)CC1.CC1CCC(CC2CC[CH-]CC2)CC1.[Rb+].[Rb+].[Rb+].[Rb][Rb].[Rb][Rb].[Rb][Rb].[Rb][Rb].[Rb][Rb].[Rb][Rb].[Rb][Rb].[Rb][Rb].[Rb][Rb].[Rb][Rb].[Rb][Rb].[Rb][Rb].[Rb][Rb].[Rb][Rb].[Rb][Rb]. The Morgan fingerprint density at radius 2 is 0.240 bits per heavy atom. The van der Waals surface area contributed by atoms with Gasteiger partial charge in [-0.15, -0.1) is 0 Å². The molecule has 9 saturated carbocycles. The molecule has 0 aromatic carbocycles. The van der Waals surface area contributed by atoms with Gasteiger partial charge in [0.1, 0.15) is 0 Å². The average molecular weight is 3690 g/mol. The van der Waals surface area contributed by atoms with E-state index in [1.54, 1.807) is 141 Å². The van der Waals surface area contributed by atoms with E-state index in [2.05, 4.69) is 40.0 Å². The summed E-state index contributed by atoms with van der Waals surface area (Å²) >= 11 is 34.8. The first-order valence-corrected chi connectivity index (χ1v) is 555. The molecule has 0 amide bonds. The second-order valence-electron chi connectivity index (χ2n) is 26.4. The molecule has 0 heterocycles. The molecule has 0 aliphatic heterocycles. The second kappa shape index (κ2) is 163. The molecule has 9 aliphatic carbocycles. The summed E-state index contributed by atoms with van der Waals surface area (Å²) in [6, 6.07) is 0. The third-order valence-electron chi connectivity index (χ3n) is 21.0. The van der Waals surface area contributed by atoms with Crippen molar-refractivity contribution >= 4 is 1020 Å². The van der Waals surface area contributed by atoms with Crippen LogP contribution in [0.5, 0.6) is 0 Å². The van der Waals surface area contributed by atoms with Gasteiger partial charge in [0.15, 0.2) is 0 Å². The molecule has 0 N–H and O–H groups in total. The molecule has 0 nitrogen and oxygen atoms in total. The Morgan fingerprint density at radius 3 is 0.344 bits per heavy atom. The first-order chi connectivity index (χ1) is 45.9. The first kappa shape index (κ1) is 180. The minimum absolute atomic E-state index is 0. The predicted octanol–water partition coefficient (Wildman–Crippen LogP) is -0.0306. The maximum absolute atomic E-state index is 2.53. The van der Waals surface area contributed by atoms with Crippen LogP contribution in [-0.4, -0.2) is 1020 Å². The summed E-state index contributed by atoms with van der Waals surface area (Å²) < 4.78 is 0. The molecule has 9 aliphatic rings. The summed E-state index contributed by atoms with van der Waals surface area (Å²) in [5.74, 6) is 16.1. The number of rotatable bonds is 12. The van der Waals surface area contributed by atoms with Crippen LogP contribution in [0.25, 0.3) is 0 Å². The molecule has 0 atom stereocenters. The molecule has 9 fully saturated rings. The van der Waals surface area contributed by atoms with Gasteiger partial charge in [0, 0.05) is 0 Å². The van der Waals surface area contributed by atoms with E-state index in [0.717, 1.165) is 1100 Å². The molecule has 33 heteroatoms. The summed E-state index contributed by atoms with van der Waals surface area (Å²) in [5, 5.41) is 0. The van der Waals surface area contributed by atoms with Gasteiger partial charge in [0.05, 0.1) is 0 Å². The van der Waals surface area contributed by atoms with E-state index in [0.29, 0.717) is 0 Å². The molecule has 0 aromatic rings. The summed E-state index contributed by atoms with van der Waals surface area (Å²) in [5.41, 5.74) is 0. The normalized spacial score (nSPS) is 27.0. The second-order valence-corrected chi connectivity index (χ2v) is 26.4. The van der Waals surface area contributed by atoms with Crippen LogP contribution in [0.15, 0.2) is 0 Å². The van der Waals surface area contributed by atoms with E-state index in [4.69, 9.17) is 0 Å². The van der Waals surface area contributed by atoms with Crippen LogP contribution in [-0.2, 0) is 0 Å². The van der Waals surface area contributed by atoms with Gasteiger partial charge >= 0.3 is 1190 Å². The van der Waals surface area contributed by atoms with Crippen molar-refractivity contribution in [1.29, 1.82) is 0 Å². The Kier molecular flexibility index (Phi) is 306. The van der Waals surface area contributed by atoms with Gasteiger partial charge in [-0.25, -0.2) is 0 Å². The Hall–Kier alpha value is 59.6. The Balaban J connectivity index is -0.0000000928. The van der Waals surface area contributed by atoms with Crippen molar-refractivity contribution < 1.29 is 175 Å². The summed E-state index contributed by atoms with van der Waals surface area (Å²) in [6.07, 6.45) is 71.5. The zero-order chi connectivity index (χ0) is 73.5. The average Bonchev–Trinajstić information content (AvgIpc) is 1.04. The van der Waals surface area contributed by atoms with Crippen LogP contribution in [0.4, 0.5) is 0 Å². The van der Waals surface area contributed by atoms with Crippen molar-refractivity contribution in [2.45, 2.75) is 290 Å². The summed E-state index contributed by atoms with van der Waals surface area (Å²) in [4.78, 5) is 0. The molecule has 0 aromatic heterocycles. The van der Waals surface area contributed by atoms with E-state index < -0.39 is 0 Å². The monoisotopic (exact) mass is 3670 g/mol. The summed E-state index contributed by atoms with van der Waals surface area (Å²) in [7, 11) is 0. The van der Waals surface area contributed by atoms with E-state index in [1.165, 1.54) is 128 Å². The number of hydrogen-bond acceptors (Lipinski definition) is 0. The molecule has 0 unspecified atom stereocenters. The molecule has 396 valence electrons. The Morgan fingerprint density at radius 1 is 0.156 bits per heavy atom. The van der Waals surface area contributed by atoms with Crippen molar-refractivity contribution in [3.8, 4) is 0 Å². The van der Waals surface area contributed by atoms with Crippen LogP contribution >= 0.6 is 0 Å². The third kappa shape index (κ3) is 127. The fraction of sp³-hybridized carbons (Fsp3) is 0.952. The zero-order valence-corrected chi connectivity index (χ0v) is 238. The molecule has 0 saturated heterocycles. The predicted molar refractivity (Wildman–Crippen MR) is 449 cm³/mol. The number of hydrogen-bond donors (Lipinski definition) is 0. The molecule has 0 spiro atoms. The summed E-state index contributed by atoms with van der Waals surface area (Å²) in [6.45, 7) is 7.33. The molecule has 96 heavy (non-hydrogen) atoms. The van der Waals surface area contributed by atoms with E-state index in [-0.39, 0.29) is 175 Å². The standard InChI is InChI=1S/C28H49.C21H37.C14H25.33Rb/c1-22-7-9-24(10-8-22)20-26-15-17-28(18-16-26)21-27-13-11-25(12-14-27)19-23-5-3-2-4-6-23;1-17-7-9-19(10-8-17)16-21-13-11-20(12-14-21)15-18-5-3-2-4-6-18;1-12-7-9-14(10-8-12)11-13-5-3-2-4-6-13;;;;;;;;;;;;;;;;;;;;;;;;;;;;;;;;;/h2,22-28H,3-21H2,1H3;2,17-21H,3-16H2,1H3;2,12-14H,3-11H2,1H3;;;;;;;;;;;;;;;;;;;;;;;;;;;;;;;;;/q3*-1;;;;;;;;;;;;;;;;;;;;;;;;;;;;;;;3*+1. The van der Waals surface area contributed by atoms with Gasteiger partial charge < -0.3 is 19.3 Å². The van der Waals surface area contributed by atoms with E-state index in [9.17, 15) is 0 Å². The Bertz CT molecular complexity index is 1190. The fourth-order valence-corrected chi connectivity index (χ4v) is 16.3. The molecule has 9 rings (SSSR count). The quantitative estimate of drug-likeness (QED) is 0.242. The van der Waals surface area contributed by atoms with Gasteiger partial charge in [-0.2, -0.15) is 38.5 Å². The molecule has 0 radical (unpaired) electrons. The van der Waals surface area contributed by atoms with Gasteiger partial charge in [0.2, 0.25) is 0 Å². The van der Waals surface area contributed by atoms with Gasteiger partial charge in [-0.1, -0.05) is 213 Å². The van der Waals surface area contributed by atoms with E-state index in [1.807, 2.05) is 0 Å². The fourth-order valence-electron chi connectivity index (χ4n) is 16.3. The van der Waals surface area contributed by atoms with Crippen molar-refractivity contribution in [1.82, 2.24) is 0 Å².